The molecule has 0 saturated carbocycles. The van der Waals surface area contributed by atoms with Crippen molar-refractivity contribution in [3.63, 3.8) is 0 Å². The second kappa shape index (κ2) is 9.79. The van der Waals surface area contributed by atoms with Gasteiger partial charge in [0, 0.05) is 40.3 Å². The summed E-state index contributed by atoms with van der Waals surface area (Å²) in [6.45, 7) is 8.33. The molecule has 0 aromatic heterocycles. The molecule has 2 rings (SSSR count). The number of carbonyl (C=O) groups excluding carboxylic acids is 1. The van der Waals surface area contributed by atoms with Crippen LogP contribution < -0.4 is 5.32 Å². The van der Waals surface area contributed by atoms with Gasteiger partial charge in [0.2, 0.25) is 5.91 Å². The van der Waals surface area contributed by atoms with Gasteiger partial charge in [0.25, 0.3) is 0 Å². The lowest BCUT2D eigenvalue weighted by Crippen LogP contribution is -2.45. The molecular weight excluding hydrogens is 419 g/mol. The third-order valence-corrected chi connectivity index (χ3v) is 4.60. The number of nitrogens with zero attached hydrogens (tertiary/aromatic N) is 3. The lowest BCUT2D eigenvalue weighted by Gasteiger charge is -2.27. The maximum atomic E-state index is 11.8. The highest BCUT2D eigenvalue weighted by molar-refractivity contribution is 14.0. The van der Waals surface area contributed by atoms with E-state index in [1.165, 1.54) is 6.42 Å². The van der Waals surface area contributed by atoms with Gasteiger partial charge in [-0.15, -0.1) is 24.0 Å². The van der Waals surface area contributed by atoms with Gasteiger partial charge in [-0.05, 0) is 31.1 Å². The average Bonchev–Trinajstić information content (AvgIpc) is 2.88. The fourth-order valence-electron chi connectivity index (χ4n) is 3.02. The highest BCUT2D eigenvalue weighted by Crippen LogP contribution is 2.28. The summed E-state index contributed by atoms with van der Waals surface area (Å²) >= 11 is 0. The van der Waals surface area contributed by atoms with E-state index in [-0.39, 0.29) is 42.5 Å². The van der Waals surface area contributed by atoms with Crippen molar-refractivity contribution >= 4 is 35.8 Å². The Kier molecular flexibility index (Phi) is 8.76. The molecule has 0 radical (unpaired) electrons. The summed E-state index contributed by atoms with van der Waals surface area (Å²) in [5.41, 5.74) is 0.301. The van der Waals surface area contributed by atoms with E-state index >= 15 is 0 Å². The quantitative estimate of drug-likeness (QED) is 0.403. The van der Waals surface area contributed by atoms with Crippen molar-refractivity contribution in [3.8, 4) is 0 Å². The van der Waals surface area contributed by atoms with E-state index in [2.05, 4.69) is 29.1 Å². The van der Waals surface area contributed by atoms with Crippen LogP contribution in [0.1, 0.15) is 39.5 Å². The predicted molar refractivity (Wildman–Crippen MR) is 108 cm³/mol. The minimum atomic E-state index is 0. The lowest BCUT2D eigenvalue weighted by atomic mass is 9.93. The molecule has 0 aromatic rings. The van der Waals surface area contributed by atoms with Crippen molar-refractivity contribution in [2.45, 2.75) is 45.6 Å². The van der Waals surface area contributed by atoms with Gasteiger partial charge in [-0.1, -0.05) is 13.8 Å². The normalized spacial score (nSPS) is 23.6. The number of guanidine groups is 1. The summed E-state index contributed by atoms with van der Waals surface area (Å²) in [5, 5.41) is 3.44. The van der Waals surface area contributed by atoms with Crippen LogP contribution in [-0.2, 0) is 9.53 Å². The number of halogens is 1. The maximum Gasteiger partial charge on any atom is 0.243 e. The van der Waals surface area contributed by atoms with E-state index in [1.807, 2.05) is 0 Å². The zero-order valence-corrected chi connectivity index (χ0v) is 17.8. The van der Waals surface area contributed by atoms with E-state index in [1.54, 1.807) is 19.0 Å². The van der Waals surface area contributed by atoms with E-state index in [0.29, 0.717) is 5.41 Å². The summed E-state index contributed by atoms with van der Waals surface area (Å²) in [6, 6.07) is 0. The number of amides is 1. The summed E-state index contributed by atoms with van der Waals surface area (Å²) in [4.78, 5) is 20.3. The van der Waals surface area contributed by atoms with E-state index in [0.717, 1.165) is 51.5 Å². The molecule has 6 nitrogen and oxygen atoms in total. The molecule has 1 unspecified atom stereocenters. The van der Waals surface area contributed by atoms with E-state index in [9.17, 15) is 4.79 Å². The van der Waals surface area contributed by atoms with Crippen LogP contribution in [0, 0.1) is 5.41 Å². The van der Waals surface area contributed by atoms with Crippen molar-refractivity contribution in [2.75, 3.05) is 46.9 Å². The fourth-order valence-corrected chi connectivity index (χ4v) is 3.02. The van der Waals surface area contributed by atoms with Crippen LogP contribution in [0.2, 0.25) is 0 Å². The first-order chi connectivity index (χ1) is 10.9. The molecule has 2 saturated heterocycles. The van der Waals surface area contributed by atoms with Crippen LogP contribution in [-0.4, -0.2) is 74.7 Å². The molecule has 0 aromatic carbocycles. The molecule has 7 heteroatoms. The molecule has 2 aliphatic heterocycles. The highest BCUT2D eigenvalue weighted by Gasteiger charge is 2.31. The molecule has 0 bridgehead atoms. The van der Waals surface area contributed by atoms with Crippen LogP contribution in [0.15, 0.2) is 4.99 Å². The number of likely N-dealkylation sites (N-methyl/N-ethyl adjacent to an activating group) is 1. The van der Waals surface area contributed by atoms with Crippen LogP contribution in [0.25, 0.3) is 0 Å². The monoisotopic (exact) mass is 452 g/mol. The Labute approximate surface area is 163 Å². The Morgan fingerprint density at radius 1 is 1.38 bits per heavy atom. The average molecular weight is 452 g/mol. The zero-order chi connectivity index (χ0) is 16.9. The number of carbonyl (C=O) groups is 1. The van der Waals surface area contributed by atoms with Gasteiger partial charge in [-0.2, -0.15) is 0 Å². The molecular formula is C17H33IN4O2. The first-order valence-corrected chi connectivity index (χ1v) is 8.72. The maximum absolute atomic E-state index is 11.8. The Balaban J connectivity index is 0.00000288. The minimum absolute atomic E-state index is 0. The Morgan fingerprint density at radius 3 is 2.67 bits per heavy atom. The smallest absolute Gasteiger partial charge is 0.243 e. The van der Waals surface area contributed by atoms with Gasteiger partial charge in [-0.3, -0.25) is 4.79 Å². The predicted octanol–water partition coefficient (Wildman–Crippen LogP) is 1.94. The third kappa shape index (κ3) is 6.74. The molecule has 1 atom stereocenters. The zero-order valence-electron chi connectivity index (χ0n) is 15.5. The number of ether oxygens (including phenoxy) is 1. The number of hydrogen-bond donors (Lipinski definition) is 1. The number of aliphatic imine (C=N–C) groups is 1. The molecule has 2 heterocycles. The molecule has 2 aliphatic rings. The third-order valence-electron chi connectivity index (χ3n) is 4.60. The van der Waals surface area contributed by atoms with Crippen LogP contribution in [0.5, 0.6) is 0 Å². The Hall–Kier alpha value is -0.570. The van der Waals surface area contributed by atoms with Gasteiger partial charge < -0.3 is 19.9 Å². The van der Waals surface area contributed by atoms with E-state index < -0.39 is 0 Å². The number of hydrogen-bond acceptors (Lipinski definition) is 3. The second-order valence-corrected chi connectivity index (χ2v) is 7.63. The van der Waals surface area contributed by atoms with Crippen molar-refractivity contribution in [2.24, 2.45) is 10.4 Å². The van der Waals surface area contributed by atoms with Crippen molar-refractivity contribution < 1.29 is 9.53 Å². The van der Waals surface area contributed by atoms with Gasteiger partial charge in [0.1, 0.15) is 6.54 Å². The van der Waals surface area contributed by atoms with Crippen LogP contribution >= 0.6 is 24.0 Å². The Morgan fingerprint density at radius 2 is 2.12 bits per heavy atom. The molecule has 140 valence electrons. The number of nitrogens with one attached hydrogen (secondary N) is 1. The van der Waals surface area contributed by atoms with Crippen molar-refractivity contribution in [1.82, 2.24) is 15.1 Å². The van der Waals surface area contributed by atoms with E-state index in [4.69, 9.17) is 4.74 Å². The SMILES string of the molecule is CN(C)C(=O)CN=C(NCC1CCCCO1)N1CCC(C)(C)C1.I. The number of likely N-dealkylation sites (tertiary alicyclic amines) is 1. The lowest BCUT2D eigenvalue weighted by molar-refractivity contribution is -0.127. The molecule has 0 spiro atoms. The molecule has 1 N–H and O–H groups in total. The molecule has 2 fully saturated rings. The van der Waals surface area contributed by atoms with Gasteiger partial charge in [-0.25, -0.2) is 4.99 Å². The minimum Gasteiger partial charge on any atom is -0.376 e. The molecule has 0 aliphatic carbocycles. The highest BCUT2D eigenvalue weighted by atomic mass is 127. The second-order valence-electron chi connectivity index (χ2n) is 7.63. The van der Waals surface area contributed by atoms with Gasteiger partial charge in [0.05, 0.1) is 6.10 Å². The summed E-state index contributed by atoms with van der Waals surface area (Å²) in [5.74, 6) is 0.872. The van der Waals surface area contributed by atoms with Crippen LogP contribution in [0.4, 0.5) is 0 Å². The fraction of sp³-hybridized carbons (Fsp3) is 0.882. The first-order valence-electron chi connectivity index (χ1n) is 8.72. The summed E-state index contributed by atoms with van der Waals surface area (Å²) in [7, 11) is 3.53. The van der Waals surface area contributed by atoms with Crippen molar-refractivity contribution in [3.05, 3.63) is 0 Å². The van der Waals surface area contributed by atoms with Gasteiger partial charge in [0.15, 0.2) is 5.96 Å². The van der Waals surface area contributed by atoms with Crippen LogP contribution in [0.3, 0.4) is 0 Å². The molecule has 1 amide bonds. The largest absolute Gasteiger partial charge is 0.376 e. The summed E-state index contributed by atoms with van der Waals surface area (Å²) in [6.07, 6.45) is 4.90. The standard InChI is InChI=1S/C17H32N4O2.HI/c1-17(2)8-9-21(13-17)16(19-12-15(22)20(3)4)18-11-14-7-5-6-10-23-14;/h14H,5-13H2,1-4H3,(H,18,19);1H. The topological polar surface area (TPSA) is 57.2 Å². The molecule has 24 heavy (non-hydrogen) atoms. The number of rotatable bonds is 4. The van der Waals surface area contributed by atoms with Crippen molar-refractivity contribution in [1.29, 1.82) is 0 Å². The first kappa shape index (κ1) is 21.5. The van der Waals surface area contributed by atoms with Gasteiger partial charge >= 0.3 is 0 Å². The summed E-state index contributed by atoms with van der Waals surface area (Å²) < 4.78 is 5.78. The Bertz CT molecular complexity index is 434.